The Morgan fingerprint density at radius 1 is 1.38 bits per heavy atom. The lowest BCUT2D eigenvalue weighted by Gasteiger charge is -2.39. The number of nitrogens with one attached hydrogen (secondary N) is 1. The van der Waals surface area contributed by atoms with Gasteiger partial charge in [-0.2, -0.15) is 0 Å². The predicted molar refractivity (Wildman–Crippen MR) is 89.0 cm³/mol. The molecule has 0 bridgehead atoms. The number of alkyl halides is 1. The fourth-order valence-corrected chi connectivity index (χ4v) is 4.28. The minimum Gasteiger partial charge on any atom is -0.381 e. The lowest BCUT2D eigenvalue weighted by atomic mass is 9.67. The van der Waals surface area contributed by atoms with Gasteiger partial charge in [-0.05, 0) is 69.2 Å². The van der Waals surface area contributed by atoms with E-state index >= 15 is 0 Å². The van der Waals surface area contributed by atoms with Crippen molar-refractivity contribution in [2.24, 2.45) is 5.41 Å². The molecule has 0 aliphatic heterocycles. The van der Waals surface area contributed by atoms with Gasteiger partial charge in [-0.15, -0.1) is 0 Å². The molecular weight excluding hydrogens is 309 g/mol. The van der Waals surface area contributed by atoms with Gasteiger partial charge in [-0.1, -0.05) is 5.57 Å². The predicted octanol–water partition coefficient (Wildman–Crippen LogP) is 2.54. The van der Waals surface area contributed by atoms with Crippen molar-refractivity contribution in [2.45, 2.75) is 52.1 Å². The summed E-state index contributed by atoms with van der Waals surface area (Å²) in [6.45, 7) is 5.06. The van der Waals surface area contributed by atoms with E-state index in [1.807, 2.05) is 19.9 Å². The molecule has 2 N–H and O–H groups in total. The largest absolute Gasteiger partial charge is 0.381 e. The number of hydrogen-bond donors (Lipinski definition) is 2. The van der Waals surface area contributed by atoms with Crippen LogP contribution in [-0.2, 0) is 9.59 Å². The Kier molecular flexibility index (Phi) is 4.03. The third kappa shape index (κ3) is 2.29. The number of carbonyl (C=O) groups excluding carboxylic acids is 2. The third-order valence-electron chi connectivity index (χ3n) is 5.92. The van der Waals surface area contributed by atoms with Crippen molar-refractivity contribution < 1.29 is 19.1 Å². The normalized spacial score (nSPS) is 27.5. The first kappa shape index (κ1) is 17.1. The quantitative estimate of drug-likeness (QED) is 0.760. The number of hydrogen-bond acceptors (Lipinski definition) is 3. The molecule has 0 aromatic carbocycles. The summed E-state index contributed by atoms with van der Waals surface area (Å²) in [5.74, 6) is -0.775. The van der Waals surface area contributed by atoms with Crippen LogP contribution in [0.4, 0.5) is 4.39 Å². The second-order valence-electron chi connectivity index (χ2n) is 7.29. The summed E-state index contributed by atoms with van der Waals surface area (Å²) >= 11 is 0. The fraction of sp³-hybridized carbons (Fsp3) is 0.579. The van der Waals surface area contributed by atoms with Crippen molar-refractivity contribution >= 4 is 11.7 Å². The van der Waals surface area contributed by atoms with Gasteiger partial charge in [0, 0.05) is 17.5 Å². The molecule has 3 aliphatic rings. The molecule has 0 unspecified atom stereocenters. The maximum Gasteiger partial charge on any atom is 0.251 e. The monoisotopic (exact) mass is 333 g/mol. The van der Waals surface area contributed by atoms with Crippen LogP contribution in [0, 0.1) is 5.41 Å². The maximum absolute atomic E-state index is 12.8. The minimum atomic E-state index is -1.32. The van der Waals surface area contributed by atoms with Gasteiger partial charge in [0.15, 0.2) is 12.5 Å². The third-order valence-corrected chi connectivity index (χ3v) is 5.92. The van der Waals surface area contributed by atoms with Gasteiger partial charge in [-0.3, -0.25) is 9.59 Å². The van der Waals surface area contributed by atoms with E-state index in [-0.39, 0.29) is 5.78 Å². The van der Waals surface area contributed by atoms with E-state index in [2.05, 4.69) is 5.32 Å². The van der Waals surface area contributed by atoms with E-state index in [4.69, 9.17) is 0 Å². The number of Topliss-reactive ketones (excluding diaryl/α,β-unsaturated/α-hetero) is 1. The molecule has 1 amide bonds. The molecule has 0 saturated heterocycles. The lowest BCUT2D eigenvalue weighted by molar-refractivity contribution is -0.137. The van der Waals surface area contributed by atoms with Crippen molar-refractivity contribution in [1.82, 2.24) is 5.32 Å². The van der Waals surface area contributed by atoms with Crippen molar-refractivity contribution in [3.63, 3.8) is 0 Å². The highest BCUT2D eigenvalue weighted by Crippen LogP contribution is 2.65. The molecule has 0 heterocycles. The minimum absolute atomic E-state index is 0.180. The van der Waals surface area contributed by atoms with Crippen molar-refractivity contribution in [2.75, 3.05) is 13.2 Å². The summed E-state index contributed by atoms with van der Waals surface area (Å²) in [5.41, 5.74) is 3.16. The molecule has 130 valence electrons. The molecule has 1 spiro atoms. The van der Waals surface area contributed by atoms with Crippen LogP contribution in [0.1, 0.15) is 46.5 Å². The molecule has 1 fully saturated rings. The molecule has 0 aromatic rings. The average molecular weight is 333 g/mol. The highest BCUT2D eigenvalue weighted by molar-refractivity contribution is 6.10. The summed E-state index contributed by atoms with van der Waals surface area (Å²) < 4.78 is 12.2. The maximum atomic E-state index is 12.8. The van der Waals surface area contributed by atoms with Gasteiger partial charge in [0.05, 0.1) is 0 Å². The molecule has 0 aromatic heterocycles. The Balaban J connectivity index is 1.83. The first-order chi connectivity index (χ1) is 11.3. The van der Waals surface area contributed by atoms with E-state index in [0.717, 1.165) is 41.6 Å². The standard InChI is InChI=1S/C19H24FNO3/c1-11-9-14-16(13(11)5-4-8-21-15(22)10-20)12(2)19(6-7-19)18(3,24)17(14)23/h9,24H,4-8,10H2,1-3H3,(H,21,22)/t18-/m0/s1. The number of aliphatic hydroxyl groups is 1. The van der Waals surface area contributed by atoms with Gasteiger partial charge >= 0.3 is 0 Å². The smallest absolute Gasteiger partial charge is 0.251 e. The van der Waals surface area contributed by atoms with E-state index in [0.29, 0.717) is 18.5 Å². The van der Waals surface area contributed by atoms with Gasteiger partial charge in [-0.25, -0.2) is 4.39 Å². The highest BCUT2D eigenvalue weighted by Gasteiger charge is 2.64. The molecule has 24 heavy (non-hydrogen) atoms. The van der Waals surface area contributed by atoms with Crippen molar-refractivity contribution in [1.29, 1.82) is 0 Å². The molecule has 1 saturated carbocycles. The molecule has 3 rings (SSSR count). The summed E-state index contributed by atoms with van der Waals surface area (Å²) in [4.78, 5) is 23.8. The van der Waals surface area contributed by atoms with Crippen LogP contribution in [0.15, 0.2) is 33.9 Å². The Morgan fingerprint density at radius 3 is 2.62 bits per heavy atom. The zero-order chi connectivity index (χ0) is 17.7. The van der Waals surface area contributed by atoms with Crippen LogP contribution >= 0.6 is 0 Å². The summed E-state index contributed by atoms with van der Waals surface area (Å²) in [5, 5.41) is 13.3. The highest BCUT2D eigenvalue weighted by atomic mass is 19.1. The number of halogens is 1. The van der Waals surface area contributed by atoms with E-state index in [9.17, 15) is 19.1 Å². The summed E-state index contributed by atoms with van der Waals surface area (Å²) in [6, 6.07) is 0. The Labute approximate surface area is 141 Å². The summed E-state index contributed by atoms with van der Waals surface area (Å²) in [6.07, 6.45) is 4.96. The second-order valence-corrected chi connectivity index (χ2v) is 7.29. The second kappa shape index (κ2) is 5.66. The Bertz CT molecular complexity index is 708. The number of carbonyl (C=O) groups is 2. The van der Waals surface area contributed by atoms with E-state index in [1.54, 1.807) is 6.92 Å². The van der Waals surface area contributed by atoms with Crippen LogP contribution in [-0.4, -0.2) is 35.6 Å². The van der Waals surface area contributed by atoms with Crippen LogP contribution < -0.4 is 5.32 Å². The molecule has 3 aliphatic carbocycles. The number of fused-ring (bicyclic) bond motifs is 1. The zero-order valence-corrected chi connectivity index (χ0v) is 14.5. The number of ketones is 1. The Hall–Kier alpha value is -1.75. The topological polar surface area (TPSA) is 66.4 Å². The number of allylic oxidation sites excluding steroid dienone is 4. The first-order valence-corrected chi connectivity index (χ1v) is 8.49. The number of amides is 1. The van der Waals surface area contributed by atoms with Crippen LogP contribution in [0.5, 0.6) is 0 Å². The fourth-order valence-electron chi connectivity index (χ4n) is 4.28. The van der Waals surface area contributed by atoms with Crippen LogP contribution in [0.25, 0.3) is 0 Å². The summed E-state index contributed by atoms with van der Waals surface area (Å²) in [7, 11) is 0. The van der Waals surface area contributed by atoms with Crippen molar-refractivity contribution in [3.05, 3.63) is 33.9 Å². The van der Waals surface area contributed by atoms with Crippen molar-refractivity contribution in [3.8, 4) is 0 Å². The zero-order valence-electron chi connectivity index (χ0n) is 14.5. The van der Waals surface area contributed by atoms with E-state index in [1.165, 1.54) is 0 Å². The van der Waals surface area contributed by atoms with Crippen LogP contribution in [0.2, 0.25) is 0 Å². The average Bonchev–Trinajstić information content (AvgIpc) is 3.29. The molecule has 5 heteroatoms. The first-order valence-electron chi connectivity index (χ1n) is 8.49. The Morgan fingerprint density at radius 2 is 2.04 bits per heavy atom. The van der Waals surface area contributed by atoms with Gasteiger partial charge in [0.2, 0.25) is 0 Å². The number of rotatable bonds is 5. The van der Waals surface area contributed by atoms with E-state index < -0.39 is 23.6 Å². The molecule has 0 radical (unpaired) electrons. The molecule has 1 atom stereocenters. The van der Waals surface area contributed by atoms with Gasteiger partial charge < -0.3 is 10.4 Å². The molecular formula is C19H24FNO3. The van der Waals surface area contributed by atoms with Gasteiger partial charge in [0.25, 0.3) is 5.91 Å². The van der Waals surface area contributed by atoms with Gasteiger partial charge in [0.1, 0.15) is 5.60 Å². The molecule has 4 nitrogen and oxygen atoms in total. The SMILES string of the molecule is CC1=C(CCCNC(=O)CF)C2=C(C)C3(CC3)[C@@](C)(O)C(=O)C2=C1. The lowest BCUT2D eigenvalue weighted by Crippen LogP contribution is -2.49. The van der Waals surface area contributed by atoms with Crippen LogP contribution in [0.3, 0.4) is 0 Å².